The molecule has 13 heteroatoms. The molecule has 220 valence electrons. The maximum absolute atomic E-state index is 13.8. The van der Waals surface area contributed by atoms with Gasteiger partial charge in [0.25, 0.3) is 5.91 Å². The molecule has 5 atom stereocenters. The van der Waals surface area contributed by atoms with Crippen molar-refractivity contribution in [1.29, 1.82) is 0 Å². The molecule has 0 radical (unpaired) electrons. The molecule has 3 N–H and O–H groups in total. The number of aromatic nitrogens is 2. The van der Waals surface area contributed by atoms with E-state index in [4.69, 9.17) is 11.6 Å². The number of rotatable bonds is 5. The Kier molecular flexibility index (Phi) is 8.89. The quantitative estimate of drug-likeness (QED) is 0.400. The van der Waals surface area contributed by atoms with Gasteiger partial charge in [-0.1, -0.05) is 11.6 Å². The van der Waals surface area contributed by atoms with Crippen molar-refractivity contribution in [2.45, 2.75) is 56.4 Å². The lowest BCUT2D eigenvalue weighted by Crippen LogP contribution is -2.57. The Morgan fingerprint density at radius 3 is 2.73 bits per heavy atom. The summed E-state index contributed by atoms with van der Waals surface area (Å²) in [7, 11) is 1.92. The molecular weight excluding hydrogens is 590 g/mol. The molecule has 1 saturated heterocycles. The largest absolute Gasteiger partial charge is 0.351 e. The zero-order valence-electron chi connectivity index (χ0n) is 22.6. The molecule has 9 nitrogen and oxygen atoms in total. The standard InChI is InChI=1S/C28H32ClFN6O3S.ClH/c1-35-8-7-21-25(40-14-31-21)24(35)27(38)34-22-11-15(28(39)36-9-6-18(30)13-36)2-4-20(22)33-26(37)23-12-16-10-17(29)3-5-19(16)32-23;/h3,5,10,12,14-15,18,20,22,24,32H,2,4,6-9,11,13H2,1H3,(H,33,37)(H,34,38);1H/t15-,18-,20-,22+,24?;/m0./s1. The highest BCUT2D eigenvalue weighted by Gasteiger charge is 2.41. The fraction of sp³-hybridized carbons (Fsp3) is 0.500. The highest BCUT2D eigenvalue weighted by molar-refractivity contribution is 7.10. The molecule has 2 aliphatic heterocycles. The van der Waals surface area contributed by atoms with Crippen LogP contribution in [0.25, 0.3) is 10.9 Å². The van der Waals surface area contributed by atoms with Gasteiger partial charge in [0.2, 0.25) is 11.8 Å². The summed E-state index contributed by atoms with van der Waals surface area (Å²) in [6, 6.07) is 5.80. The van der Waals surface area contributed by atoms with Gasteiger partial charge in [-0.15, -0.1) is 23.7 Å². The molecule has 1 aliphatic carbocycles. The van der Waals surface area contributed by atoms with E-state index >= 15 is 0 Å². The molecular formula is C28H33Cl2FN6O3S. The monoisotopic (exact) mass is 622 g/mol. The van der Waals surface area contributed by atoms with Crippen LogP contribution in [0.5, 0.6) is 0 Å². The molecule has 3 aromatic rings. The zero-order chi connectivity index (χ0) is 28.0. The number of carbonyl (C=O) groups is 3. The maximum atomic E-state index is 13.8. The number of H-pyrrole nitrogens is 1. The molecule has 0 bridgehead atoms. The minimum Gasteiger partial charge on any atom is -0.351 e. The smallest absolute Gasteiger partial charge is 0.268 e. The third-order valence-electron chi connectivity index (χ3n) is 8.42. The fourth-order valence-electron chi connectivity index (χ4n) is 6.26. The van der Waals surface area contributed by atoms with Gasteiger partial charge in [-0.3, -0.25) is 19.3 Å². The summed E-state index contributed by atoms with van der Waals surface area (Å²) in [5, 5.41) is 7.70. The Hall–Kier alpha value is -2.73. The van der Waals surface area contributed by atoms with Gasteiger partial charge in [0.1, 0.15) is 17.9 Å². The van der Waals surface area contributed by atoms with E-state index in [-0.39, 0.29) is 48.6 Å². The van der Waals surface area contributed by atoms with Crippen molar-refractivity contribution in [3.63, 3.8) is 0 Å². The number of halogens is 3. The first kappa shape index (κ1) is 29.8. The third-order valence-corrected chi connectivity index (χ3v) is 9.58. The maximum Gasteiger partial charge on any atom is 0.268 e. The number of benzene rings is 1. The van der Waals surface area contributed by atoms with Crippen molar-refractivity contribution >= 4 is 64.0 Å². The summed E-state index contributed by atoms with van der Waals surface area (Å²) in [5.74, 6) is -0.880. The van der Waals surface area contributed by atoms with Crippen molar-refractivity contribution < 1.29 is 18.8 Å². The van der Waals surface area contributed by atoms with Gasteiger partial charge in [0.05, 0.1) is 22.6 Å². The molecule has 3 aliphatic rings. The van der Waals surface area contributed by atoms with Crippen LogP contribution >= 0.6 is 35.3 Å². The number of fused-ring (bicyclic) bond motifs is 2. The van der Waals surface area contributed by atoms with Crippen LogP contribution in [0.15, 0.2) is 29.8 Å². The molecule has 2 aromatic heterocycles. The number of amides is 3. The molecule has 1 saturated carbocycles. The average molecular weight is 624 g/mol. The van der Waals surface area contributed by atoms with Crippen LogP contribution in [0.3, 0.4) is 0 Å². The second-order valence-electron chi connectivity index (χ2n) is 11.1. The molecule has 1 aromatic carbocycles. The van der Waals surface area contributed by atoms with Crippen molar-refractivity contribution in [2.24, 2.45) is 5.92 Å². The predicted molar refractivity (Wildman–Crippen MR) is 158 cm³/mol. The summed E-state index contributed by atoms with van der Waals surface area (Å²) in [5.41, 5.74) is 3.90. The van der Waals surface area contributed by atoms with E-state index < -0.39 is 18.3 Å². The molecule has 0 spiro atoms. The summed E-state index contributed by atoms with van der Waals surface area (Å²) in [6.45, 7) is 1.25. The molecule has 3 amide bonds. The first-order valence-corrected chi connectivity index (χ1v) is 15.0. The summed E-state index contributed by atoms with van der Waals surface area (Å²) in [6.07, 6.45) is 1.60. The van der Waals surface area contributed by atoms with Crippen LogP contribution in [0.1, 0.15) is 52.8 Å². The van der Waals surface area contributed by atoms with Crippen molar-refractivity contribution in [2.75, 3.05) is 26.7 Å². The second kappa shape index (κ2) is 12.2. The van der Waals surface area contributed by atoms with Crippen molar-refractivity contribution in [1.82, 2.24) is 30.4 Å². The van der Waals surface area contributed by atoms with E-state index in [0.717, 1.165) is 27.9 Å². The van der Waals surface area contributed by atoms with E-state index in [2.05, 4.69) is 20.6 Å². The number of hydrogen-bond donors (Lipinski definition) is 3. The first-order chi connectivity index (χ1) is 19.3. The van der Waals surface area contributed by atoms with Crippen LogP contribution in [0.2, 0.25) is 5.02 Å². The van der Waals surface area contributed by atoms with Crippen molar-refractivity contribution in [3.05, 3.63) is 51.1 Å². The zero-order valence-corrected chi connectivity index (χ0v) is 25.0. The van der Waals surface area contributed by atoms with Crippen LogP contribution in [-0.4, -0.2) is 82.4 Å². The summed E-state index contributed by atoms with van der Waals surface area (Å²) >= 11 is 7.58. The fourth-order valence-corrected chi connectivity index (χ4v) is 7.44. The number of aromatic amines is 1. The lowest BCUT2D eigenvalue weighted by Gasteiger charge is -2.39. The van der Waals surface area contributed by atoms with E-state index in [1.165, 1.54) is 11.3 Å². The van der Waals surface area contributed by atoms with Crippen LogP contribution < -0.4 is 10.6 Å². The SMILES string of the molecule is CN1CCc2ncsc2C1C(=O)N[C@@H]1C[C@@H](C(=O)N2CC[C@H](F)C2)CC[C@@H]1NC(=O)c1cc2cc(Cl)ccc2[nH]1.Cl. The lowest BCUT2D eigenvalue weighted by molar-refractivity contribution is -0.137. The number of thiazole rings is 1. The Balaban J connectivity index is 0.00000337. The molecule has 1 unspecified atom stereocenters. The Morgan fingerprint density at radius 1 is 1.12 bits per heavy atom. The van der Waals surface area contributed by atoms with Gasteiger partial charge < -0.3 is 20.5 Å². The molecule has 4 heterocycles. The van der Waals surface area contributed by atoms with E-state index in [1.807, 2.05) is 18.0 Å². The Labute approximate surface area is 252 Å². The van der Waals surface area contributed by atoms with Crippen LogP contribution in [-0.2, 0) is 16.0 Å². The summed E-state index contributed by atoms with van der Waals surface area (Å²) in [4.78, 5) is 52.4. The number of likely N-dealkylation sites (N-methyl/N-ethyl adjacent to an activating group) is 1. The average Bonchev–Trinajstić information content (AvgIpc) is 3.68. The first-order valence-electron chi connectivity index (χ1n) is 13.7. The van der Waals surface area contributed by atoms with Gasteiger partial charge in [0.15, 0.2) is 0 Å². The highest BCUT2D eigenvalue weighted by atomic mass is 35.5. The molecule has 2 fully saturated rings. The van der Waals surface area contributed by atoms with Gasteiger partial charge in [-0.05, 0) is 57.0 Å². The number of nitrogens with zero attached hydrogens (tertiary/aromatic N) is 3. The van der Waals surface area contributed by atoms with Crippen molar-refractivity contribution in [3.8, 4) is 0 Å². The normalized spacial score (nSPS) is 26.3. The third kappa shape index (κ3) is 6.09. The Morgan fingerprint density at radius 2 is 1.95 bits per heavy atom. The number of alkyl halides is 1. The summed E-state index contributed by atoms with van der Waals surface area (Å²) < 4.78 is 13.8. The van der Waals surface area contributed by atoms with E-state index in [1.54, 1.807) is 28.6 Å². The number of likely N-dealkylation sites (tertiary alicyclic amines) is 1. The number of nitrogens with one attached hydrogen (secondary N) is 3. The van der Waals surface area contributed by atoms with Gasteiger partial charge in [-0.2, -0.15) is 0 Å². The van der Waals surface area contributed by atoms with Crippen LogP contribution in [0.4, 0.5) is 4.39 Å². The topological polar surface area (TPSA) is 110 Å². The number of hydrogen-bond acceptors (Lipinski definition) is 6. The highest BCUT2D eigenvalue weighted by Crippen LogP contribution is 2.33. The minimum atomic E-state index is -0.989. The van der Waals surface area contributed by atoms with E-state index in [9.17, 15) is 18.8 Å². The second-order valence-corrected chi connectivity index (χ2v) is 12.4. The van der Waals surface area contributed by atoms with Gasteiger partial charge in [-0.25, -0.2) is 9.37 Å². The van der Waals surface area contributed by atoms with Crippen LogP contribution in [0, 0.1) is 5.92 Å². The minimum absolute atomic E-state index is 0. The lowest BCUT2D eigenvalue weighted by atomic mass is 9.81. The Bertz CT molecular complexity index is 1450. The number of carbonyl (C=O) groups excluding carboxylic acids is 3. The van der Waals surface area contributed by atoms with Gasteiger partial charge in [0, 0.05) is 53.4 Å². The predicted octanol–water partition coefficient (Wildman–Crippen LogP) is 3.88. The molecule has 6 rings (SSSR count). The van der Waals surface area contributed by atoms with Gasteiger partial charge >= 0.3 is 0 Å². The van der Waals surface area contributed by atoms with E-state index in [0.29, 0.717) is 49.5 Å². The molecule has 41 heavy (non-hydrogen) atoms.